The number of aromatic hydroxyl groups is 1. The highest BCUT2D eigenvalue weighted by Gasteiger charge is 2.07. The Balaban J connectivity index is 1.94. The molecule has 0 atom stereocenters. The molecule has 0 heterocycles. The fourth-order valence-corrected chi connectivity index (χ4v) is 2.52. The summed E-state index contributed by atoms with van der Waals surface area (Å²) in [6.45, 7) is 3.95. The molecule has 0 aliphatic rings. The van der Waals surface area contributed by atoms with Crippen LogP contribution >= 0.6 is 15.9 Å². The Morgan fingerprint density at radius 1 is 1.19 bits per heavy atom. The van der Waals surface area contributed by atoms with E-state index >= 15 is 0 Å². The third-order valence-corrected chi connectivity index (χ3v) is 3.88. The SMILES string of the molecule is CC(C)CC(=O)Nc1ccc(C(=O)N/N=C/c2cc(Br)ccc2O)cc1. The number of phenolic OH excluding ortho intramolecular Hbond substituents is 1. The Labute approximate surface area is 160 Å². The number of carbonyl (C=O) groups is 2. The van der Waals surface area contributed by atoms with E-state index in [1.165, 1.54) is 12.3 Å². The molecule has 6 nitrogen and oxygen atoms in total. The Hall–Kier alpha value is -2.67. The number of hydrogen-bond acceptors (Lipinski definition) is 4. The van der Waals surface area contributed by atoms with E-state index in [0.717, 1.165) is 4.47 Å². The molecule has 2 rings (SSSR count). The van der Waals surface area contributed by atoms with Crippen molar-refractivity contribution in [2.45, 2.75) is 20.3 Å². The van der Waals surface area contributed by atoms with Crippen LogP contribution in [0.1, 0.15) is 36.2 Å². The maximum Gasteiger partial charge on any atom is 0.271 e. The molecule has 136 valence electrons. The number of nitrogens with one attached hydrogen (secondary N) is 2. The summed E-state index contributed by atoms with van der Waals surface area (Å²) in [6.07, 6.45) is 1.80. The normalized spacial score (nSPS) is 10.9. The van der Waals surface area contributed by atoms with E-state index in [4.69, 9.17) is 0 Å². The molecular weight excluding hydrogens is 398 g/mol. The van der Waals surface area contributed by atoms with Crippen molar-refractivity contribution in [3.05, 3.63) is 58.1 Å². The van der Waals surface area contributed by atoms with Gasteiger partial charge in [-0.1, -0.05) is 29.8 Å². The Bertz CT molecular complexity index is 817. The van der Waals surface area contributed by atoms with Crippen LogP contribution < -0.4 is 10.7 Å². The minimum Gasteiger partial charge on any atom is -0.507 e. The number of benzene rings is 2. The summed E-state index contributed by atoms with van der Waals surface area (Å²) in [5.41, 5.74) is 3.91. The predicted molar refractivity (Wildman–Crippen MR) is 105 cm³/mol. The van der Waals surface area contributed by atoms with Gasteiger partial charge in [0.1, 0.15) is 5.75 Å². The second-order valence-electron chi connectivity index (χ2n) is 6.13. The average molecular weight is 418 g/mol. The van der Waals surface area contributed by atoms with Crippen molar-refractivity contribution < 1.29 is 14.7 Å². The van der Waals surface area contributed by atoms with Crippen LogP contribution in [0, 0.1) is 5.92 Å². The molecule has 2 aromatic carbocycles. The minimum absolute atomic E-state index is 0.0596. The molecule has 0 spiro atoms. The van der Waals surface area contributed by atoms with Crippen LogP contribution in [0.5, 0.6) is 5.75 Å². The van der Waals surface area contributed by atoms with Crippen molar-refractivity contribution in [1.82, 2.24) is 5.43 Å². The van der Waals surface area contributed by atoms with Gasteiger partial charge in [0.25, 0.3) is 5.91 Å². The van der Waals surface area contributed by atoms with E-state index in [1.54, 1.807) is 36.4 Å². The van der Waals surface area contributed by atoms with E-state index in [0.29, 0.717) is 23.2 Å². The Morgan fingerprint density at radius 2 is 1.88 bits per heavy atom. The van der Waals surface area contributed by atoms with Crippen molar-refractivity contribution in [2.24, 2.45) is 11.0 Å². The van der Waals surface area contributed by atoms with E-state index < -0.39 is 5.91 Å². The fraction of sp³-hybridized carbons (Fsp3) is 0.211. The third-order valence-electron chi connectivity index (χ3n) is 3.38. The molecule has 0 aromatic heterocycles. The number of carbonyl (C=O) groups excluding carboxylic acids is 2. The summed E-state index contributed by atoms with van der Waals surface area (Å²) in [7, 11) is 0. The molecule has 0 fully saturated rings. The zero-order valence-corrected chi connectivity index (χ0v) is 16.1. The summed E-state index contributed by atoms with van der Waals surface area (Å²) in [6, 6.07) is 11.4. The van der Waals surface area contributed by atoms with Crippen LogP contribution in [-0.2, 0) is 4.79 Å². The highest BCUT2D eigenvalue weighted by molar-refractivity contribution is 9.10. The molecule has 0 radical (unpaired) electrons. The fourth-order valence-electron chi connectivity index (χ4n) is 2.14. The third kappa shape index (κ3) is 6.00. The quantitative estimate of drug-likeness (QED) is 0.491. The lowest BCUT2D eigenvalue weighted by Crippen LogP contribution is -2.18. The van der Waals surface area contributed by atoms with Crippen LogP contribution in [-0.4, -0.2) is 23.1 Å². The highest BCUT2D eigenvalue weighted by Crippen LogP contribution is 2.20. The van der Waals surface area contributed by atoms with Gasteiger partial charge in [0.15, 0.2) is 0 Å². The molecule has 7 heteroatoms. The molecule has 0 saturated heterocycles. The molecule has 0 saturated carbocycles. The molecule has 0 unspecified atom stereocenters. The van der Waals surface area contributed by atoms with Gasteiger partial charge in [0, 0.05) is 27.7 Å². The van der Waals surface area contributed by atoms with Gasteiger partial charge >= 0.3 is 0 Å². The van der Waals surface area contributed by atoms with Gasteiger partial charge in [-0.05, 0) is 48.4 Å². The van der Waals surface area contributed by atoms with Crippen molar-refractivity contribution in [1.29, 1.82) is 0 Å². The molecule has 2 aromatic rings. The van der Waals surface area contributed by atoms with Crippen LogP contribution in [0.2, 0.25) is 0 Å². The first kappa shape index (κ1) is 19.7. The number of hydrazone groups is 1. The maximum atomic E-state index is 12.1. The Kier molecular flexibility index (Phi) is 6.91. The number of phenols is 1. The van der Waals surface area contributed by atoms with Crippen molar-refractivity contribution in [3.8, 4) is 5.75 Å². The lowest BCUT2D eigenvalue weighted by atomic mass is 10.1. The second kappa shape index (κ2) is 9.15. The standard InChI is InChI=1S/C19H20BrN3O3/c1-12(2)9-18(25)22-16-6-3-13(4-7-16)19(26)23-21-11-14-10-15(20)5-8-17(14)24/h3-8,10-12,24H,9H2,1-2H3,(H,22,25)(H,23,26)/b21-11+. The number of rotatable bonds is 6. The summed E-state index contributed by atoms with van der Waals surface area (Å²) in [5, 5.41) is 16.3. The average Bonchev–Trinajstić information content (AvgIpc) is 2.57. The molecule has 3 N–H and O–H groups in total. The highest BCUT2D eigenvalue weighted by atomic mass is 79.9. The topological polar surface area (TPSA) is 90.8 Å². The zero-order valence-electron chi connectivity index (χ0n) is 14.5. The van der Waals surface area contributed by atoms with Gasteiger partial charge in [0.2, 0.25) is 5.91 Å². The predicted octanol–water partition coefficient (Wildman–Crippen LogP) is 3.90. The molecule has 0 bridgehead atoms. The summed E-state index contributed by atoms with van der Waals surface area (Å²) in [4.78, 5) is 23.8. The van der Waals surface area contributed by atoms with Crippen molar-refractivity contribution in [3.63, 3.8) is 0 Å². The van der Waals surface area contributed by atoms with Gasteiger partial charge in [-0.3, -0.25) is 9.59 Å². The van der Waals surface area contributed by atoms with Crippen LogP contribution in [0.25, 0.3) is 0 Å². The van der Waals surface area contributed by atoms with E-state index in [9.17, 15) is 14.7 Å². The smallest absolute Gasteiger partial charge is 0.271 e. The first-order valence-corrected chi connectivity index (χ1v) is 8.86. The number of nitrogens with zero attached hydrogens (tertiary/aromatic N) is 1. The molecule has 0 aliphatic carbocycles. The summed E-state index contributed by atoms with van der Waals surface area (Å²) < 4.78 is 0.790. The summed E-state index contributed by atoms with van der Waals surface area (Å²) >= 11 is 3.30. The summed E-state index contributed by atoms with van der Waals surface area (Å²) in [5.74, 6) is -0.110. The first-order valence-electron chi connectivity index (χ1n) is 8.07. The van der Waals surface area contributed by atoms with Gasteiger partial charge in [-0.15, -0.1) is 0 Å². The molecule has 26 heavy (non-hydrogen) atoms. The van der Waals surface area contributed by atoms with Gasteiger partial charge < -0.3 is 10.4 Å². The molecule has 2 amide bonds. The number of amides is 2. The van der Waals surface area contributed by atoms with Crippen molar-refractivity contribution in [2.75, 3.05) is 5.32 Å². The second-order valence-corrected chi connectivity index (χ2v) is 7.04. The number of anilines is 1. The van der Waals surface area contributed by atoms with E-state index in [1.807, 2.05) is 13.8 Å². The lowest BCUT2D eigenvalue weighted by Gasteiger charge is -2.07. The maximum absolute atomic E-state index is 12.1. The van der Waals surface area contributed by atoms with Crippen molar-refractivity contribution >= 4 is 39.6 Å². The van der Waals surface area contributed by atoms with Crippen LogP contribution in [0.15, 0.2) is 52.0 Å². The van der Waals surface area contributed by atoms with E-state index in [2.05, 4.69) is 31.8 Å². The zero-order chi connectivity index (χ0) is 19.1. The van der Waals surface area contributed by atoms with Crippen LogP contribution in [0.3, 0.4) is 0 Å². The first-order chi connectivity index (χ1) is 12.3. The monoisotopic (exact) mass is 417 g/mol. The number of hydrogen-bond donors (Lipinski definition) is 3. The van der Waals surface area contributed by atoms with Gasteiger partial charge in [0.05, 0.1) is 6.21 Å². The Morgan fingerprint density at radius 3 is 2.54 bits per heavy atom. The van der Waals surface area contributed by atoms with E-state index in [-0.39, 0.29) is 17.6 Å². The lowest BCUT2D eigenvalue weighted by molar-refractivity contribution is -0.116. The molecule has 0 aliphatic heterocycles. The molecular formula is C19H20BrN3O3. The largest absolute Gasteiger partial charge is 0.507 e. The van der Waals surface area contributed by atoms with Crippen LogP contribution in [0.4, 0.5) is 5.69 Å². The number of halogens is 1. The van der Waals surface area contributed by atoms with Gasteiger partial charge in [-0.25, -0.2) is 5.43 Å². The minimum atomic E-state index is -0.393. The van der Waals surface area contributed by atoms with Gasteiger partial charge in [-0.2, -0.15) is 5.10 Å².